The molecule has 2 aromatic heterocycles. The Morgan fingerprint density at radius 1 is 1.35 bits per heavy atom. The number of carbonyl (C=O) groups excluding carboxylic acids is 1. The fourth-order valence-electron chi connectivity index (χ4n) is 3.46. The van der Waals surface area contributed by atoms with Crippen molar-refractivity contribution in [3.05, 3.63) is 59.7 Å². The number of oxazole rings is 1. The lowest BCUT2D eigenvalue weighted by atomic mass is 10.1. The van der Waals surface area contributed by atoms with Crippen LogP contribution in [0.2, 0.25) is 0 Å². The molecule has 3 aromatic rings. The third-order valence-electron chi connectivity index (χ3n) is 4.74. The first-order valence-corrected chi connectivity index (χ1v) is 8.86. The Kier molecular flexibility index (Phi) is 4.67. The average molecular weight is 351 g/mol. The van der Waals surface area contributed by atoms with Crippen molar-refractivity contribution in [3.63, 3.8) is 0 Å². The zero-order chi connectivity index (χ0) is 17.9. The molecule has 0 N–H and O–H groups in total. The van der Waals surface area contributed by atoms with Crippen molar-refractivity contribution in [2.75, 3.05) is 20.3 Å². The number of pyridine rings is 1. The predicted molar refractivity (Wildman–Crippen MR) is 96.8 cm³/mol. The van der Waals surface area contributed by atoms with E-state index in [1.54, 1.807) is 19.4 Å². The van der Waals surface area contributed by atoms with Crippen LogP contribution in [-0.2, 0) is 11.2 Å². The molecule has 1 aliphatic heterocycles. The van der Waals surface area contributed by atoms with Crippen molar-refractivity contribution in [3.8, 4) is 0 Å². The smallest absolute Gasteiger partial charge is 0.254 e. The molecule has 0 saturated carbocycles. The van der Waals surface area contributed by atoms with Gasteiger partial charge in [0.2, 0.25) is 0 Å². The fourth-order valence-corrected chi connectivity index (χ4v) is 3.46. The normalized spacial score (nSPS) is 17.1. The van der Waals surface area contributed by atoms with E-state index in [0.29, 0.717) is 30.1 Å². The topological polar surface area (TPSA) is 68.5 Å². The summed E-state index contributed by atoms with van der Waals surface area (Å²) in [6, 6.07) is 11.3. The van der Waals surface area contributed by atoms with Crippen LogP contribution in [0.15, 0.2) is 47.0 Å². The van der Waals surface area contributed by atoms with Gasteiger partial charge in [0.1, 0.15) is 5.52 Å². The highest BCUT2D eigenvalue weighted by Gasteiger charge is 2.31. The second-order valence-electron chi connectivity index (χ2n) is 6.44. The SMILES string of the molecule is COCCc1nc2ccc(C(=O)N3CCC[C@H]3c3ccccn3)cc2o1. The average Bonchev–Trinajstić information content (AvgIpc) is 3.32. The number of nitrogens with zero attached hydrogens (tertiary/aromatic N) is 3. The largest absolute Gasteiger partial charge is 0.441 e. The quantitative estimate of drug-likeness (QED) is 0.705. The highest BCUT2D eigenvalue weighted by molar-refractivity contribution is 5.97. The number of amides is 1. The maximum atomic E-state index is 13.1. The molecular weight excluding hydrogens is 330 g/mol. The number of benzene rings is 1. The van der Waals surface area contributed by atoms with Gasteiger partial charge in [0, 0.05) is 31.8 Å². The zero-order valence-corrected chi connectivity index (χ0v) is 14.7. The summed E-state index contributed by atoms with van der Waals surface area (Å²) in [4.78, 5) is 23.8. The van der Waals surface area contributed by atoms with E-state index in [1.807, 2.05) is 35.2 Å². The molecule has 6 heteroatoms. The van der Waals surface area contributed by atoms with Crippen LogP contribution in [0.25, 0.3) is 11.1 Å². The van der Waals surface area contributed by atoms with Crippen molar-refractivity contribution >= 4 is 17.0 Å². The molecule has 0 radical (unpaired) electrons. The number of aromatic nitrogens is 2. The van der Waals surface area contributed by atoms with Gasteiger partial charge >= 0.3 is 0 Å². The lowest BCUT2D eigenvalue weighted by Gasteiger charge is -2.24. The first-order valence-electron chi connectivity index (χ1n) is 8.86. The van der Waals surface area contributed by atoms with Crippen LogP contribution in [0.4, 0.5) is 0 Å². The molecule has 6 nitrogen and oxygen atoms in total. The van der Waals surface area contributed by atoms with E-state index >= 15 is 0 Å². The van der Waals surface area contributed by atoms with Crippen LogP contribution in [-0.4, -0.2) is 41.0 Å². The number of methoxy groups -OCH3 is 1. The van der Waals surface area contributed by atoms with Crippen molar-refractivity contribution in [2.24, 2.45) is 0 Å². The molecule has 0 unspecified atom stereocenters. The van der Waals surface area contributed by atoms with Gasteiger partial charge in [-0.2, -0.15) is 0 Å². The van der Waals surface area contributed by atoms with Crippen LogP contribution in [0.3, 0.4) is 0 Å². The molecule has 1 amide bonds. The van der Waals surface area contributed by atoms with Gasteiger partial charge in [0.15, 0.2) is 11.5 Å². The van der Waals surface area contributed by atoms with E-state index < -0.39 is 0 Å². The zero-order valence-electron chi connectivity index (χ0n) is 14.7. The summed E-state index contributed by atoms with van der Waals surface area (Å²) in [5.74, 6) is 0.633. The highest BCUT2D eigenvalue weighted by atomic mass is 16.5. The molecular formula is C20H21N3O3. The number of hydrogen-bond donors (Lipinski definition) is 0. The van der Waals surface area contributed by atoms with Gasteiger partial charge in [-0.05, 0) is 43.2 Å². The molecule has 0 aliphatic carbocycles. The molecule has 0 spiro atoms. The number of ether oxygens (including phenoxy) is 1. The lowest BCUT2D eigenvalue weighted by Crippen LogP contribution is -2.30. The van der Waals surface area contributed by atoms with E-state index in [0.717, 1.165) is 30.6 Å². The standard InChI is InChI=1S/C20H21N3O3/c1-25-12-9-19-22-16-8-7-14(13-18(16)26-19)20(24)23-11-4-6-17(23)15-5-2-3-10-21-15/h2-3,5,7-8,10,13,17H,4,6,9,11-12H2,1H3/t17-/m0/s1. The van der Waals surface area contributed by atoms with Crippen LogP contribution in [0, 0.1) is 0 Å². The van der Waals surface area contributed by atoms with Gasteiger partial charge in [0.05, 0.1) is 18.3 Å². The third kappa shape index (κ3) is 3.20. The van der Waals surface area contributed by atoms with Gasteiger partial charge in [-0.25, -0.2) is 4.98 Å². The Morgan fingerprint density at radius 2 is 2.27 bits per heavy atom. The minimum absolute atomic E-state index is 0.00916. The van der Waals surface area contributed by atoms with Crippen LogP contribution < -0.4 is 0 Å². The summed E-state index contributed by atoms with van der Waals surface area (Å²) in [6.07, 6.45) is 4.31. The molecule has 1 aromatic carbocycles. The van der Waals surface area contributed by atoms with E-state index in [-0.39, 0.29) is 11.9 Å². The maximum Gasteiger partial charge on any atom is 0.254 e. The predicted octanol–water partition coefficient (Wildman–Crippen LogP) is 3.39. The molecule has 26 heavy (non-hydrogen) atoms. The van der Waals surface area contributed by atoms with E-state index in [2.05, 4.69) is 9.97 Å². The minimum Gasteiger partial charge on any atom is -0.441 e. The molecule has 3 heterocycles. The summed E-state index contributed by atoms with van der Waals surface area (Å²) < 4.78 is 10.8. The molecule has 1 atom stereocenters. The second kappa shape index (κ2) is 7.25. The summed E-state index contributed by atoms with van der Waals surface area (Å²) in [7, 11) is 1.65. The summed E-state index contributed by atoms with van der Waals surface area (Å²) in [5, 5.41) is 0. The molecule has 4 rings (SSSR count). The Bertz CT molecular complexity index is 907. The number of hydrogen-bond acceptors (Lipinski definition) is 5. The van der Waals surface area contributed by atoms with Gasteiger partial charge in [-0.1, -0.05) is 6.07 Å². The Balaban J connectivity index is 1.59. The molecule has 134 valence electrons. The maximum absolute atomic E-state index is 13.1. The molecule has 0 bridgehead atoms. The van der Waals surface area contributed by atoms with Gasteiger partial charge in [-0.3, -0.25) is 9.78 Å². The monoisotopic (exact) mass is 351 g/mol. The van der Waals surface area contributed by atoms with Crippen LogP contribution >= 0.6 is 0 Å². The van der Waals surface area contributed by atoms with Crippen LogP contribution in [0.1, 0.15) is 40.8 Å². The van der Waals surface area contributed by atoms with E-state index in [9.17, 15) is 4.79 Å². The Morgan fingerprint density at radius 3 is 3.08 bits per heavy atom. The van der Waals surface area contributed by atoms with Crippen molar-refractivity contribution in [2.45, 2.75) is 25.3 Å². The highest BCUT2D eigenvalue weighted by Crippen LogP contribution is 2.32. The number of rotatable bonds is 5. The van der Waals surface area contributed by atoms with E-state index in [4.69, 9.17) is 9.15 Å². The Labute approximate surface area is 151 Å². The van der Waals surface area contributed by atoms with Gasteiger partial charge in [-0.15, -0.1) is 0 Å². The summed E-state index contributed by atoms with van der Waals surface area (Å²) in [5.41, 5.74) is 2.96. The fraction of sp³-hybridized carbons (Fsp3) is 0.350. The van der Waals surface area contributed by atoms with Crippen molar-refractivity contribution in [1.29, 1.82) is 0 Å². The van der Waals surface area contributed by atoms with Gasteiger partial charge < -0.3 is 14.1 Å². The molecule has 1 aliphatic rings. The number of carbonyl (C=O) groups is 1. The lowest BCUT2D eigenvalue weighted by molar-refractivity contribution is 0.0733. The minimum atomic E-state index is 0.00916. The number of likely N-dealkylation sites (tertiary alicyclic amines) is 1. The first kappa shape index (κ1) is 16.7. The third-order valence-corrected chi connectivity index (χ3v) is 4.74. The first-order chi connectivity index (χ1) is 12.8. The van der Waals surface area contributed by atoms with E-state index in [1.165, 1.54) is 0 Å². The van der Waals surface area contributed by atoms with Crippen molar-refractivity contribution < 1.29 is 13.9 Å². The number of fused-ring (bicyclic) bond motifs is 1. The second-order valence-corrected chi connectivity index (χ2v) is 6.44. The van der Waals surface area contributed by atoms with Crippen LogP contribution in [0.5, 0.6) is 0 Å². The molecule has 1 fully saturated rings. The van der Waals surface area contributed by atoms with Gasteiger partial charge in [0.25, 0.3) is 5.91 Å². The Hall–Kier alpha value is -2.73. The molecule has 1 saturated heterocycles. The van der Waals surface area contributed by atoms with Crippen molar-refractivity contribution in [1.82, 2.24) is 14.9 Å². The summed E-state index contributed by atoms with van der Waals surface area (Å²) >= 11 is 0. The summed E-state index contributed by atoms with van der Waals surface area (Å²) in [6.45, 7) is 1.30.